The maximum absolute atomic E-state index is 8.99. The van der Waals surface area contributed by atoms with Crippen LogP contribution in [0.15, 0.2) is 18.3 Å². The monoisotopic (exact) mass is 228 g/mol. The molecule has 0 aliphatic carbocycles. The molecule has 1 N–H and O–H groups in total. The summed E-state index contributed by atoms with van der Waals surface area (Å²) in [6.45, 7) is 3.74. The van der Waals surface area contributed by atoms with Crippen LogP contribution in [0.3, 0.4) is 0 Å². The topological polar surface area (TPSA) is 36.4 Å². The van der Waals surface area contributed by atoms with E-state index in [4.69, 9.17) is 16.7 Å². The van der Waals surface area contributed by atoms with Crippen LogP contribution >= 0.6 is 11.6 Å². The van der Waals surface area contributed by atoms with Crippen molar-refractivity contribution in [3.63, 3.8) is 0 Å². The van der Waals surface area contributed by atoms with Crippen LogP contribution in [-0.2, 0) is 5.88 Å². The minimum absolute atomic E-state index is 0.137. The van der Waals surface area contributed by atoms with Gasteiger partial charge >= 0.3 is 0 Å². The Bertz CT molecular complexity index is 288. The molecule has 0 saturated heterocycles. The van der Waals surface area contributed by atoms with Crippen LogP contribution in [0.1, 0.15) is 18.9 Å². The fourth-order valence-electron chi connectivity index (χ4n) is 1.53. The second kappa shape index (κ2) is 6.64. The van der Waals surface area contributed by atoms with Gasteiger partial charge in [0.15, 0.2) is 0 Å². The highest BCUT2D eigenvalue weighted by atomic mass is 35.5. The Morgan fingerprint density at radius 1 is 1.47 bits per heavy atom. The lowest BCUT2D eigenvalue weighted by atomic mass is 10.2. The third kappa shape index (κ3) is 3.36. The Hall–Kier alpha value is -0.800. The molecule has 0 aromatic carbocycles. The maximum atomic E-state index is 8.99. The Kier molecular flexibility index (Phi) is 5.43. The standard InChI is InChI=1S/C11H17ClN2O/c1-2-6-14(7-8-15)11-10(9-12)4-3-5-13-11/h3-5,15H,2,6-9H2,1H3. The molecule has 0 radical (unpaired) electrons. The highest BCUT2D eigenvalue weighted by molar-refractivity contribution is 6.17. The van der Waals surface area contributed by atoms with Crippen molar-refractivity contribution < 1.29 is 5.11 Å². The van der Waals surface area contributed by atoms with Gasteiger partial charge in [-0.1, -0.05) is 13.0 Å². The van der Waals surface area contributed by atoms with Gasteiger partial charge in [0.2, 0.25) is 0 Å². The first-order valence-electron chi connectivity index (χ1n) is 5.19. The summed E-state index contributed by atoms with van der Waals surface area (Å²) in [7, 11) is 0. The molecule has 0 amide bonds. The van der Waals surface area contributed by atoms with E-state index < -0.39 is 0 Å². The molecule has 3 nitrogen and oxygen atoms in total. The number of aromatic nitrogens is 1. The number of alkyl halides is 1. The first-order valence-corrected chi connectivity index (χ1v) is 5.72. The molecule has 0 aliphatic rings. The minimum Gasteiger partial charge on any atom is -0.395 e. The average molecular weight is 229 g/mol. The lowest BCUT2D eigenvalue weighted by Gasteiger charge is -2.23. The third-order valence-corrected chi connectivity index (χ3v) is 2.46. The molecule has 0 aliphatic heterocycles. The number of anilines is 1. The van der Waals surface area contributed by atoms with E-state index in [1.165, 1.54) is 0 Å². The van der Waals surface area contributed by atoms with Gasteiger partial charge in [-0.15, -0.1) is 11.6 Å². The van der Waals surface area contributed by atoms with E-state index in [1.54, 1.807) is 6.20 Å². The van der Waals surface area contributed by atoms with E-state index in [2.05, 4.69) is 16.8 Å². The average Bonchev–Trinajstić information content (AvgIpc) is 2.29. The van der Waals surface area contributed by atoms with Crippen molar-refractivity contribution in [2.75, 3.05) is 24.6 Å². The van der Waals surface area contributed by atoms with Gasteiger partial charge in [0.1, 0.15) is 5.82 Å². The molecule has 1 aromatic rings. The molecule has 0 spiro atoms. The number of hydrogen-bond acceptors (Lipinski definition) is 3. The summed E-state index contributed by atoms with van der Waals surface area (Å²) >= 11 is 5.85. The molecule has 1 rings (SSSR count). The van der Waals surface area contributed by atoms with Crippen molar-refractivity contribution in [2.45, 2.75) is 19.2 Å². The van der Waals surface area contributed by atoms with Gasteiger partial charge in [0.05, 0.1) is 12.5 Å². The molecule has 4 heteroatoms. The summed E-state index contributed by atoms with van der Waals surface area (Å²) in [5.74, 6) is 1.35. The second-order valence-electron chi connectivity index (χ2n) is 3.33. The van der Waals surface area contributed by atoms with Gasteiger partial charge < -0.3 is 10.0 Å². The van der Waals surface area contributed by atoms with Gasteiger partial charge in [-0.2, -0.15) is 0 Å². The Morgan fingerprint density at radius 3 is 2.87 bits per heavy atom. The zero-order valence-electron chi connectivity index (χ0n) is 8.99. The zero-order valence-corrected chi connectivity index (χ0v) is 9.74. The summed E-state index contributed by atoms with van der Waals surface area (Å²) in [6, 6.07) is 3.85. The van der Waals surface area contributed by atoms with Crippen molar-refractivity contribution in [2.24, 2.45) is 0 Å². The second-order valence-corrected chi connectivity index (χ2v) is 3.60. The largest absolute Gasteiger partial charge is 0.395 e. The molecule has 84 valence electrons. The lowest BCUT2D eigenvalue weighted by Crippen LogP contribution is -2.29. The zero-order chi connectivity index (χ0) is 11.1. The normalized spacial score (nSPS) is 10.3. The van der Waals surface area contributed by atoms with Crippen LogP contribution in [-0.4, -0.2) is 29.8 Å². The molecule has 15 heavy (non-hydrogen) atoms. The van der Waals surface area contributed by atoms with Crippen molar-refractivity contribution in [1.82, 2.24) is 4.98 Å². The van der Waals surface area contributed by atoms with E-state index in [0.717, 1.165) is 24.3 Å². The van der Waals surface area contributed by atoms with Crippen LogP contribution in [0.5, 0.6) is 0 Å². The summed E-state index contributed by atoms with van der Waals surface area (Å²) < 4.78 is 0. The molecule has 1 heterocycles. The smallest absolute Gasteiger partial charge is 0.133 e. The number of rotatable bonds is 6. The molecule has 0 unspecified atom stereocenters. The molecule has 0 saturated carbocycles. The Morgan fingerprint density at radius 2 is 2.27 bits per heavy atom. The van der Waals surface area contributed by atoms with E-state index in [9.17, 15) is 0 Å². The number of halogens is 1. The summed E-state index contributed by atoms with van der Waals surface area (Å²) in [4.78, 5) is 6.38. The van der Waals surface area contributed by atoms with Crippen LogP contribution < -0.4 is 4.90 Å². The van der Waals surface area contributed by atoms with Crippen LogP contribution in [0, 0.1) is 0 Å². The van der Waals surface area contributed by atoms with Gasteiger partial charge in [0, 0.05) is 24.8 Å². The molecule has 0 bridgehead atoms. The predicted molar refractivity (Wildman–Crippen MR) is 63.4 cm³/mol. The quantitative estimate of drug-likeness (QED) is 0.757. The van der Waals surface area contributed by atoms with Crippen LogP contribution in [0.25, 0.3) is 0 Å². The minimum atomic E-state index is 0.137. The van der Waals surface area contributed by atoms with Gasteiger partial charge in [-0.05, 0) is 12.5 Å². The molecular weight excluding hydrogens is 212 g/mol. The molecule has 0 fully saturated rings. The van der Waals surface area contributed by atoms with E-state index >= 15 is 0 Å². The summed E-state index contributed by atoms with van der Waals surface area (Å²) in [6.07, 6.45) is 2.78. The predicted octanol–water partition coefficient (Wildman–Crippen LogP) is 2.03. The van der Waals surface area contributed by atoms with E-state index in [1.807, 2.05) is 12.1 Å². The molecule has 1 aromatic heterocycles. The number of aliphatic hydroxyl groups excluding tert-OH is 1. The van der Waals surface area contributed by atoms with Crippen molar-refractivity contribution in [1.29, 1.82) is 0 Å². The first kappa shape index (κ1) is 12.3. The Balaban J connectivity index is 2.88. The lowest BCUT2D eigenvalue weighted by molar-refractivity contribution is 0.301. The van der Waals surface area contributed by atoms with Gasteiger partial charge in [-0.25, -0.2) is 4.98 Å². The van der Waals surface area contributed by atoms with Crippen molar-refractivity contribution in [3.8, 4) is 0 Å². The SMILES string of the molecule is CCCN(CCO)c1ncccc1CCl. The number of nitrogens with zero attached hydrogens (tertiary/aromatic N) is 2. The number of hydrogen-bond donors (Lipinski definition) is 1. The van der Waals surface area contributed by atoms with Gasteiger partial charge in [-0.3, -0.25) is 0 Å². The number of aliphatic hydroxyl groups is 1. The number of pyridine rings is 1. The van der Waals surface area contributed by atoms with Gasteiger partial charge in [0.25, 0.3) is 0 Å². The van der Waals surface area contributed by atoms with E-state index in [-0.39, 0.29) is 6.61 Å². The van der Waals surface area contributed by atoms with Crippen molar-refractivity contribution >= 4 is 17.4 Å². The summed E-state index contributed by atoms with van der Waals surface area (Å²) in [5.41, 5.74) is 1.01. The Labute approximate surface area is 95.7 Å². The fraction of sp³-hybridized carbons (Fsp3) is 0.545. The first-order chi connectivity index (χ1) is 7.33. The maximum Gasteiger partial charge on any atom is 0.133 e. The highest BCUT2D eigenvalue weighted by Gasteiger charge is 2.10. The fourth-order valence-corrected chi connectivity index (χ4v) is 1.74. The molecular formula is C11H17ClN2O. The highest BCUT2D eigenvalue weighted by Crippen LogP contribution is 2.18. The molecule has 0 atom stereocenters. The third-order valence-electron chi connectivity index (χ3n) is 2.17. The summed E-state index contributed by atoms with van der Waals surface area (Å²) in [5, 5.41) is 8.99. The van der Waals surface area contributed by atoms with Crippen molar-refractivity contribution in [3.05, 3.63) is 23.9 Å². The van der Waals surface area contributed by atoms with Crippen LogP contribution in [0.4, 0.5) is 5.82 Å². The van der Waals surface area contributed by atoms with Crippen LogP contribution in [0.2, 0.25) is 0 Å². The van der Waals surface area contributed by atoms with E-state index in [0.29, 0.717) is 12.4 Å².